The van der Waals surface area contributed by atoms with E-state index in [9.17, 15) is 0 Å². The SMILES string of the molecule is CCc1cc(C(=Nc2ccccc2)NN)n(C)n1. The fourth-order valence-electron chi connectivity index (χ4n) is 1.72. The van der Waals surface area contributed by atoms with Crippen molar-refractivity contribution in [3.63, 3.8) is 0 Å². The van der Waals surface area contributed by atoms with Gasteiger partial charge in [-0.15, -0.1) is 0 Å². The highest BCUT2D eigenvalue weighted by Crippen LogP contribution is 2.12. The number of hydrazine groups is 1. The Kier molecular flexibility index (Phi) is 3.74. The summed E-state index contributed by atoms with van der Waals surface area (Å²) >= 11 is 0. The Balaban J connectivity index is 2.39. The molecule has 3 N–H and O–H groups in total. The third-order valence-electron chi connectivity index (χ3n) is 2.67. The second-order valence-electron chi connectivity index (χ2n) is 3.94. The van der Waals surface area contributed by atoms with Gasteiger partial charge in [-0.2, -0.15) is 5.10 Å². The van der Waals surface area contributed by atoms with Crippen LogP contribution < -0.4 is 11.3 Å². The number of hydrogen-bond donors (Lipinski definition) is 2. The van der Waals surface area contributed by atoms with Crippen LogP contribution in [0.4, 0.5) is 5.69 Å². The summed E-state index contributed by atoms with van der Waals surface area (Å²) < 4.78 is 1.78. The highest BCUT2D eigenvalue weighted by atomic mass is 15.3. The summed E-state index contributed by atoms with van der Waals surface area (Å²) in [6.45, 7) is 2.07. The lowest BCUT2D eigenvalue weighted by Gasteiger charge is -2.05. The summed E-state index contributed by atoms with van der Waals surface area (Å²) in [5.41, 5.74) is 5.38. The fraction of sp³-hybridized carbons (Fsp3) is 0.231. The summed E-state index contributed by atoms with van der Waals surface area (Å²) in [5.74, 6) is 6.16. The Morgan fingerprint density at radius 1 is 1.39 bits per heavy atom. The predicted molar refractivity (Wildman–Crippen MR) is 72.5 cm³/mol. The molecule has 0 aliphatic rings. The van der Waals surface area contributed by atoms with Gasteiger partial charge in [0.1, 0.15) is 5.69 Å². The molecule has 0 radical (unpaired) electrons. The van der Waals surface area contributed by atoms with Gasteiger partial charge in [-0.3, -0.25) is 4.68 Å². The summed E-state index contributed by atoms with van der Waals surface area (Å²) in [7, 11) is 1.88. The number of hydrogen-bond acceptors (Lipinski definition) is 3. The number of benzene rings is 1. The van der Waals surface area contributed by atoms with Crippen LogP contribution >= 0.6 is 0 Å². The van der Waals surface area contributed by atoms with Crippen molar-refractivity contribution < 1.29 is 0 Å². The van der Waals surface area contributed by atoms with E-state index in [1.165, 1.54) is 0 Å². The summed E-state index contributed by atoms with van der Waals surface area (Å²) in [4.78, 5) is 4.48. The maximum atomic E-state index is 5.55. The minimum atomic E-state index is 0.607. The van der Waals surface area contributed by atoms with Crippen molar-refractivity contribution >= 4 is 11.5 Å². The summed E-state index contributed by atoms with van der Waals surface area (Å²) in [6.07, 6.45) is 0.886. The molecule has 0 atom stereocenters. The molecule has 18 heavy (non-hydrogen) atoms. The number of aryl methyl sites for hydroxylation is 2. The molecule has 0 saturated heterocycles. The lowest BCUT2D eigenvalue weighted by Crippen LogP contribution is -2.32. The second kappa shape index (κ2) is 5.46. The first-order valence-corrected chi connectivity index (χ1v) is 5.88. The highest BCUT2D eigenvalue weighted by Gasteiger charge is 2.09. The van der Waals surface area contributed by atoms with Gasteiger partial charge in [0.05, 0.1) is 11.4 Å². The molecule has 0 bridgehead atoms. The topological polar surface area (TPSA) is 68.2 Å². The van der Waals surface area contributed by atoms with Crippen LogP contribution in [0.25, 0.3) is 0 Å². The average molecular weight is 243 g/mol. The van der Waals surface area contributed by atoms with E-state index in [1.807, 2.05) is 43.4 Å². The zero-order valence-corrected chi connectivity index (χ0v) is 10.6. The molecule has 0 spiro atoms. The maximum absolute atomic E-state index is 5.55. The van der Waals surface area contributed by atoms with Gasteiger partial charge in [-0.1, -0.05) is 25.1 Å². The van der Waals surface area contributed by atoms with Gasteiger partial charge in [-0.05, 0) is 24.6 Å². The zero-order valence-electron chi connectivity index (χ0n) is 10.6. The van der Waals surface area contributed by atoms with E-state index in [4.69, 9.17) is 5.84 Å². The van der Waals surface area contributed by atoms with E-state index in [2.05, 4.69) is 22.4 Å². The van der Waals surface area contributed by atoms with Crippen molar-refractivity contribution in [1.82, 2.24) is 15.2 Å². The molecule has 0 amide bonds. The smallest absolute Gasteiger partial charge is 0.166 e. The van der Waals surface area contributed by atoms with Gasteiger partial charge in [-0.25, -0.2) is 10.8 Å². The molecule has 0 saturated carbocycles. The Hall–Kier alpha value is -2.14. The first-order chi connectivity index (χ1) is 8.74. The van der Waals surface area contributed by atoms with Crippen LogP contribution in [0.15, 0.2) is 41.4 Å². The van der Waals surface area contributed by atoms with E-state index in [0.29, 0.717) is 5.84 Å². The number of para-hydroxylation sites is 1. The monoisotopic (exact) mass is 243 g/mol. The quantitative estimate of drug-likeness (QED) is 0.372. The van der Waals surface area contributed by atoms with Crippen molar-refractivity contribution in [3.05, 3.63) is 47.8 Å². The molecule has 0 aliphatic heterocycles. The van der Waals surface area contributed by atoms with E-state index in [0.717, 1.165) is 23.5 Å². The molecule has 0 unspecified atom stereocenters. The van der Waals surface area contributed by atoms with E-state index in [-0.39, 0.29) is 0 Å². The van der Waals surface area contributed by atoms with Crippen LogP contribution in [0.2, 0.25) is 0 Å². The minimum Gasteiger partial charge on any atom is -0.307 e. The van der Waals surface area contributed by atoms with Gasteiger partial charge < -0.3 is 5.43 Å². The van der Waals surface area contributed by atoms with Crippen molar-refractivity contribution in [3.8, 4) is 0 Å². The molecule has 0 fully saturated rings. The highest BCUT2D eigenvalue weighted by molar-refractivity contribution is 5.98. The van der Waals surface area contributed by atoms with Crippen molar-refractivity contribution in [2.45, 2.75) is 13.3 Å². The molecule has 5 heteroatoms. The third-order valence-corrected chi connectivity index (χ3v) is 2.67. The molecule has 2 aromatic rings. The van der Waals surface area contributed by atoms with Gasteiger partial charge in [0.15, 0.2) is 5.84 Å². The minimum absolute atomic E-state index is 0.607. The molecule has 2 rings (SSSR count). The number of nitrogens with zero attached hydrogens (tertiary/aromatic N) is 3. The van der Waals surface area contributed by atoms with Gasteiger partial charge >= 0.3 is 0 Å². The Morgan fingerprint density at radius 2 is 2.11 bits per heavy atom. The molecular weight excluding hydrogens is 226 g/mol. The number of aliphatic imine (C=N–C) groups is 1. The maximum Gasteiger partial charge on any atom is 0.166 e. The Morgan fingerprint density at radius 3 is 2.67 bits per heavy atom. The van der Waals surface area contributed by atoms with Crippen LogP contribution in [0.5, 0.6) is 0 Å². The van der Waals surface area contributed by atoms with Crippen LogP contribution in [0, 0.1) is 0 Å². The Labute approximate surface area is 106 Å². The van der Waals surface area contributed by atoms with E-state index >= 15 is 0 Å². The molecule has 94 valence electrons. The number of nitrogens with one attached hydrogen (secondary N) is 1. The fourth-order valence-corrected chi connectivity index (χ4v) is 1.72. The van der Waals surface area contributed by atoms with Crippen LogP contribution in [-0.2, 0) is 13.5 Å². The normalized spacial score (nSPS) is 11.6. The second-order valence-corrected chi connectivity index (χ2v) is 3.94. The van der Waals surface area contributed by atoms with E-state index in [1.54, 1.807) is 4.68 Å². The van der Waals surface area contributed by atoms with Crippen LogP contribution in [0.1, 0.15) is 18.3 Å². The largest absolute Gasteiger partial charge is 0.307 e. The first-order valence-electron chi connectivity index (χ1n) is 5.88. The molecule has 1 aromatic carbocycles. The molecule has 5 nitrogen and oxygen atoms in total. The average Bonchev–Trinajstić information content (AvgIpc) is 2.78. The van der Waals surface area contributed by atoms with Gasteiger partial charge in [0.2, 0.25) is 0 Å². The molecule has 1 aromatic heterocycles. The van der Waals surface area contributed by atoms with E-state index < -0.39 is 0 Å². The lowest BCUT2D eigenvalue weighted by atomic mass is 10.3. The lowest BCUT2D eigenvalue weighted by molar-refractivity contribution is 0.735. The predicted octanol–water partition coefficient (Wildman–Crippen LogP) is 1.52. The van der Waals surface area contributed by atoms with Crippen molar-refractivity contribution in [1.29, 1.82) is 0 Å². The summed E-state index contributed by atoms with van der Waals surface area (Å²) in [6, 6.07) is 11.7. The zero-order chi connectivity index (χ0) is 13.0. The number of rotatable bonds is 3. The van der Waals surface area contributed by atoms with Crippen molar-refractivity contribution in [2.75, 3.05) is 0 Å². The third kappa shape index (κ3) is 2.57. The molecule has 1 heterocycles. The molecular formula is C13H17N5. The number of amidine groups is 1. The van der Waals surface area contributed by atoms with Crippen LogP contribution in [0.3, 0.4) is 0 Å². The van der Waals surface area contributed by atoms with Gasteiger partial charge in [0, 0.05) is 7.05 Å². The standard InChI is InChI=1S/C13H17N5/c1-3-10-9-12(18(2)17-10)13(16-14)15-11-7-5-4-6-8-11/h4-9H,3,14H2,1-2H3,(H,15,16). The Bertz CT molecular complexity index is 542. The van der Waals surface area contributed by atoms with Gasteiger partial charge in [0.25, 0.3) is 0 Å². The molecule has 0 aliphatic carbocycles. The van der Waals surface area contributed by atoms with Crippen LogP contribution in [-0.4, -0.2) is 15.6 Å². The summed E-state index contributed by atoms with van der Waals surface area (Å²) in [5, 5.41) is 4.38. The van der Waals surface area contributed by atoms with Crippen molar-refractivity contribution in [2.24, 2.45) is 17.9 Å². The first kappa shape index (κ1) is 12.3. The number of aromatic nitrogens is 2. The number of nitrogens with two attached hydrogens (primary N) is 1.